The Hall–Kier alpha value is -2.24. The van der Waals surface area contributed by atoms with Crippen LogP contribution in [-0.2, 0) is 0 Å². The Kier molecular flexibility index (Phi) is 2.86. The number of benzene rings is 1. The van der Waals surface area contributed by atoms with Crippen LogP contribution in [-0.4, -0.2) is 4.98 Å². The number of pyridine rings is 1. The lowest BCUT2D eigenvalue weighted by molar-refractivity contribution is 0.415. The van der Waals surface area contributed by atoms with E-state index in [2.05, 4.69) is 4.98 Å². The fourth-order valence-electron chi connectivity index (χ4n) is 1.18. The number of aromatic nitrogens is 1. The quantitative estimate of drug-likeness (QED) is 0.877. The Morgan fingerprint density at radius 1 is 1.06 bits per heavy atom. The van der Waals surface area contributed by atoms with E-state index in [9.17, 15) is 13.2 Å². The molecule has 0 atom stereocenters. The van der Waals surface area contributed by atoms with E-state index in [1.807, 2.05) is 0 Å². The Balaban J connectivity index is 2.33. The summed E-state index contributed by atoms with van der Waals surface area (Å²) in [7, 11) is 0. The molecule has 0 saturated heterocycles. The second-order valence-corrected chi connectivity index (χ2v) is 3.20. The highest BCUT2D eigenvalue weighted by atomic mass is 19.1. The van der Waals surface area contributed by atoms with Crippen LogP contribution in [0.5, 0.6) is 11.6 Å². The number of nitrogen functional groups attached to an aromatic ring is 1. The molecule has 2 rings (SSSR count). The molecule has 0 aliphatic rings. The molecule has 1 aromatic carbocycles. The van der Waals surface area contributed by atoms with Crippen molar-refractivity contribution in [3.8, 4) is 11.6 Å². The first-order valence-electron chi connectivity index (χ1n) is 4.61. The van der Waals surface area contributed by atoms with Crippen LogP contribution >= 0.6 is 0 Å². The lowest BCUT2D eigenvalue weighted by Crippen LogP contribution is -2.00. The van der Waals surface area contributed by atoms with Crippen LogP contribution in [0.3, 0.4) is 0 Å². The Morgan fingerprint density at radius 2 is 1.82 bits per heavy atom. The molecular weight excluding hydrogens is 233 g/mol. The van der Waals surface area contributed by atoms with Crippen molar-refractivity contribution in [2.45, 2.75) is 0 Å². The minimum absolute atomic E-state index is 0.0439. The number of halogens is 3. The summed E-state index contributed by atoms with van der Waals surface area (Å²) in [6.07, 6.45) is 0. The zero-order valence-electron chi connectivity index (χ0n) is 8.45. The van der Waals surface area contributed by atoms with Crippen LogP contribution in [0.15, 0.2) is 30.3 Å². The second kappa shape index (κ2) is 4.32. The van der Waals surface area contributed by atoms with Gasteiger partial charge in [0.15, 0.2) is 17.5 Å². The molecule has 0 fully saturated rings. The molecule has 2 N–H and O–H groups in total. The molecule has 3 nitrogen and oxygen atoms in total. The fourth-order valence-corrected chi connectivity index (χ4v) is 1.18. The third-order valence-corrected chi connectivity index (χ3v) is 1.94. The average molecular weight is 240 g/mol. The van der Waals surface area contributed by atoms with Crippen LogP contribution in [0.2, 0.25) is 0 Å². The van der Waals surface area contributed by atoms with Crippen molar-refractivity contribution in [3.63, 3.8) is 0 Å². The maximum Gasteiger partial charge on any atom is 0.258 e. The zero-order valence-corrected chi connectivity index (χ0v) is 8.45. The van der Waals surface area contributed by atoms with Crippen molar-refractivity contribution < 1.29 is 17.9 Å². The number of hydrogen-bond donors (Lipinski definition) is 1. The topological polar surface area (TPSA) is 48.1 Å². The second-order valence-electron chi connectivity index (χ2n) is 3.20. The van der Waals surface area contributed by atoms with E-state index in [4.69, 9.17) is 10.5 Å². The molecule has 0 amide bonds. The standard InChI is InChI=1S/C11H7F3N2O/c12-6-2-1-3-7(4-6)17-11-9(14)5-8(13)10(15)16-11/h1-5H,(H2,15,16). The monoisotopic (exact) mass is 240 g/mol. The summed E-state index contributed by atoms with van der Waals surface area (Å²) in [5.41, 5.74) is 5.17. The predicted octanol–water partition coefficient (Wildman–Crippen LogP) is 2.87. The summed E-state index contributed by atoms with van der Waals surface area (Å²) >= 11 is 0. The van der Waals surface area contributed by atoms with E-state index < -0.39 is 29.1 Å². The zero-order chi connectivity index (χ0) is 12.4. The SMILES string of the molecule is Nc1nc(Oc2cccc(F)c2)c(F)cc1F. The van der Waals surface area contributed by atoms with Crippen molar-refractivity contribution >= 4 is 5.82 Å². The van der Waals surface area contributed by atoms with Crippen molar-refractivity contribution in [1.29, 1.82) is 0 Å². The van der Waals surface area contributed by atoms with Gasteiger partial charge < -0.3 is 10.5 Å². The number of rotatable bonds is 2. The van der Waals surface area contributed by atoms with Gasteiger partial charge in [0.2, 0.25) is 0 Å². The third kappa shape index (κ3) is 2.47. The lowest BCUT2D eigenvalue weighted by Gasteiger charge is -2.06. The Morgan fingerprint density at radius 3 is 2.53 bits per heavy atom. The van der Waals surface area contributed by atoms with Crippen molar-refractivity contribution in [2.24, 2.45) is 0 Å². The number of nitrogens with two attached hydrogens (primary N) is 1. The first kappa shape index (κ1) is 11.3. The number of hydrogen-bond acceptors (Lipinski definition) is 3. The van der Waals surface area contributed by atoms with E-state index in [-0.39, 0.29) is 5.75 Å². The van der Waals surface area contributed by atoms with Crippen LogP contribution in [0, 0.1) is 17.5 Å². The summed E-state index contributed by atoms with van der Waals surface area (Å²) < 4.78 is 43.8. The van der Waals surface area contributed by atoms with Crippen LogP contribution in [0.25, 0.3) is 0 Å². The summed E-state index contributed by atoms with van der Waals surface area (Å²) in [5, 5.41) is 0. The summed E-state index contributed by atoms with van der Waals surface area (Å²) in [6.45, 7) is 0. The normalized spacial score (nSPS) is 10.3. The highest BCUT2D eigenvalue weighted by molar-refractivity contribution is 5.36. The first-order chi connectivity index (χ1) is 8.06. The van der Waals surface area contributed by atoms with Crippen LogP contribution < -0.4 is 10.5 Å². The Bertz CT molecular complexity index is 560. The van der Waals surface area contributed by atoms with Gasteiger partial charge >= 0.3 is 0 Å². The maximum absolute atomic E-state index is 13.2. The van der Waals surface area contributed by atoms with Gasteiger partial charge in [-0.1, -0.05) is 6.07 Å². The molecule has 0 aliphatic carbocycles. The van der Waals surface area contributed by atoms with Crippen LogP contribution in [0.4, 0.5) is 19.0 Å². The van der Waals surface area contributed by atoms with E-state index in [1.54, 1.807) is 0 Å². The van der Waals surface area contributed by atoms with Crippen molar-refractivity contribution in [2.75, 3.05) is 5.73 Å². The smallest absolute Gasteiger partial charge is 0.258 e. The van der Waals surface area contributed by atoms with Gasteiger partial charge in [0.05, 0.1) is 0 Å². The van der Waals surface area contributed by atoms with Gasteiger partial charge in [-0.15, -0.1) is 0 Å². The molecule has 1 heterocycles. The van der Waals surface area contributed by atoms with Gasteiger partial charge in [0.25, 0.3) is 5.88 Å². The van der Waals surface area contributed by atoms with E-state index in [1.165, 1.54) is 18.2 Å². The van der Waals surface area contributed by atoms with E-state index in [0.717, 1.165) is 6.07 Å². The summed E-state index contributed by atoms with van der Waals surface area (Å²) in [4.78, 5) is 3.38. The molecule has 0 spiro atoms. The molecule has 0 saturated carbocycles. The van der Waals surface area contributed by atoms with E-state index >= 15 is 0 Å². The van der Waals surface area contributed by atoms with Gasteiger partial charge in [0.1, 0.15) is 11.6 Å². The summed E-state index contributed by atoms with van der Waals surface area (Å²) in [6, 6.07) is 5.59. The molecule has 0 aliphatic heterocycles. The van der Waals surface area contributed by atoms with Gasteiger partial charge in [-0.3, -0.25) is 0 Å². The van der Waals surface area contributed by atoms with Crippen LogP contribution in [0.1, 0.15) is 0 Å². The largest absolute Gasteiger partial charge is 0.436 e. The minimum atomic E-state index is -1.01. The number of nitrogens with zero attached hydrogens (tertiary/aromatic N) is 1. The molecule has 88 valence electrons. The van der Waals surface area contributed by atoms with Gasteiger partial charge in [-0.05, 0) is 12.1 Å². The predicted molar refractivity (Wildman–Crippen MR) is 55.0 cm³/mol. The Labute approximate surface area is 94.7 Å². The lowest BCUT2D eigenvalue weighted by atomic mass is 10.3. The number of anilines is 1. The fraction of sp³-hybridized carbons (Fsp3) is 0. The average Bonchev–Trinajstić information content (AvgIpc) is 2.26. The molecular formula is C11H7F3N2O. The van der Waals surface area contributed by atoms with Gasteiger partial charge in [-0.25, -0.2) is 13.2 Å². The molecule has 17 heavy (non-hydrogen) atoms. The van der Waals surface area contributed by atoms with Crippen molar-refractivity contribution in [3.05, 3.63) is 47.8 Å². The van der Waals surface area contributed by atoms with Gasteiger partial charge in [-0.2, -0.15) is 4.98 Å². The minimum Gasteiger partial charge on any atom is -0.436 e. The van der Waals surface area contributed by atoms with E-state index in [0.29, 0.717) is 6.07 Å². The highest BCUT2D eigenvalue weighted by Gasteiger charge is 2.11. The third-order valence-electron chi connectivity index (χ3n) is 1.94. The maximum atomic E-state index is 13.2. The molecule has 0 radical (unpaired) electrons. The molecule has 2 aromatic rings. The molecule has 0 unspecified atom stereocenters. The molecule has 0 bridgehead atoms. The van der Waals surface area contributed by atoms with Crippen molar-refractivity contribution in [1.82, 2.24) is 4.98 Å². The number of ether oxygens (including phenoxy) is 1. The first-order valence-corrected chi connectivity index (χ1v) is 4.61. The summed E-state index contributed by atoms with van der Waals surface area (Å²) in [5.74, 6) is -3.48. The van der Waals surface area contributed by atoms with Gasteiger partial charge in [0, 0.05) is 12.1 Å². The molecule has 6 heteroatoms. The highest BCUT2D eigenvalue weighted by Crippen LogP contribution is 2.25. The molecule has 1 aromatic heterocycles.